The second-order valence-electron chi connectivity index (χ2n) is 4.42. The minimum atomic E-state index is -1.08. The van der Waals surface area contributed by atoms with Gasteiger partial charge in [0.2, 0.25) is 0 Å². The van der Waals surface area contributed by atoms with Crippen molar-refractivity contribution in [3.8, 4) is 0 Å². The lowest BCUT2D eigenvalue weighted by atomic mass is 9.85. The Bertz CT molecular complexity index is 354. The first-order valence-electron chi connectivity index (χ1n) is 5.73. The summed E-state index contributed by atoms with van der Waals surface area (Å²) in [6.45, 7) is 1.77. The fourth-order valence-electron chi connectivity index (χ4n) is 2.00. The summed E-state index contributed by atoms with van der Waals surface area (Å²) in [5.74, 6) is 0. The van der Waals surface area contributed by atoms with Gasteiger partial charge in [-0.05, 0) is 17.5 Å². The van der Waals surface area contributed by atoms with Gasteiger partial charge in [0.1, 0.15) is 0 Å². The quantitative estimate of drug-likeness (QED) is 0.583. The summed E-state index contributed by atoms with van der Waals surface area (Å²) in [4.78, 5) is 0. The third-order valence-corrected chi connectivity index (χ3v) is 2.99. The molecule has 2 unspecified atom stereocenters. The van der Waals surface area contributed by atoms with Crippen LogP contribution in [0.3, 0.4) is 0 Å². The largest absolute Gasteiger partial charge is 0.396 e. The molecule has 17 heavy (non-hydrogen) atoms. The van der Waals surface area contributed by atoms with Crippen LogP contribution in [-0.2, 0) is 12.2 Å². The van der Waals surface area contributed by atoms with E-state index in [1.54, 1.807) is 18.2 Å². The van der Waals surface area contributed by atoms with E-state index in [9.17, 15) is 5.11 Å². The van der Waals surface area contributed by atoms with Gasteiger partial charge in [0.15, 0.2) is 0 Å². The Kier molecular flexibility index (Phi) is 5.46. The summed E-state index contributed by atoms with van der Waals surface area (Å²) >= 11 is 4.29. The average Bonchev–Trinajstić information content (AvgIpc) is 2.28. The molecule has 0 radical (unpaired) electrons. The predicted octanol–water partition coefficient (Wildman–Crippen LogP) is 1.46. The second-order valence-corrected chi connectivity index (χ2v) is 5.30. The second kappa shape index (κ2) is 6.40. The van der Waals surface area contributed by atoms with Crippen molar-refractivity contribution >= 4 is 12.6 Å². The molecule has 1 aromatic rings. The molecule has 4 heteroatoms. The Hall–Kier alpha value is -0.550. The Balaban J connectivity index is 3.03. The van der Waals surface area contributed by atoms with Crippen LogP contribution in [0, 0.1) is 0 Å². The van der Waals surface area contributed by atoms with Crippen molar-refractivity contribution in [2.45, 2.75) is 37.2 Å². The number of aliphatic hydroxyl groups excluding tert-OH is 2. The van der Waals surface area contributed by atoms with Crippen molar-refractivity contribution < 1.29 is 15.3 Å². The van der Waals surface area contributed by atoms with E-state index in [4.69, 9.17) is 10.2 Å². The SMILES string of the molecule is CC(S)CC(O)(CCO)c1cccc(CO)c1. The van der Waals surface area contributed by atoms with E-state index < -0.39 is 5.60 Å². The van der Waals surface area contributed by atoms with Gasteiger partial charge in [0, 0.05) is 18.3 Å². The van der Waals surface area contributed by atoms with Crippen LogP contribution in [0.4, 0.5) is 0 Å². The molecular formula is C13H20O3S. The zero-order valence-corrected chi connectivity index (χ0v) is 10.9. The Morgan fingerprint density at radius 2 is 2.06 bits per heavy atom. The minimum Gasteiger partial charge on any atom is -0.396 e. The molecule has 3 N–H and O–H groups in total. The van der Waals surface area contributed by atoms with Gasteiger partial charge in [-0.25, -0.2) is 0 Å². The fourth-order valence-corrected chi connectivity index (χ4v) is 2.30. The van der Waals surface area contributed by atoms with Gasteiger partial charge >= 0.3 is 0 Å². The van der Waals surface area contributed by atoms with Crippen LogP contribution in [0.5, 0.6) is 0 Å². The first kappa shape index (κ1) is 14.5. The lowest BCUT2D eigenvalue weighted by molar-refractivity contribution is 0.00405. The molecule has 0 spiro atoms. The molecule has 1 rings (SSSR count). The van der Waals surface area contributed by atoms with Crippen LogP contribution in [0.15, 0.2) is 24.3 Å². The van der Waals surface area contributed by atoms with Gasteiger partial charge in [-0.15, -0.1) is 0 Å². The van der Waals surface area contributed by atoms with Gasteiger partial charge in [-0.1, -0.05) is 31.2 Å². The number of hydrogen-bond donors (Lipinski definition) is 4. The zero-order valence-electron chi connectivity index (χ0n) is 10.0. The third kappa shape index (κ3) is 4.00. The Labute approximate surface area is 108 Å². The van der Waals surface area contributed by atoms with Crippen molar-refractivity contribution in [3.05, 3.63) is 35.4 Å². The highest BCUT2D eigenvalue weighted by molar-refractivity contribution is 7.80. The molecule has 0 fully saturated rings. The number of rotatable bonds is 6. The lowest BCUT2D eigenvalue weighted by Gasteiger charge is -2.30. The molecule has 0 amide bonds. The molecule has 0 saturated carbocycles. The maximum absolute atomic E-state index is 10.6. The molecule has 0 bridgehead atoms. The normalized spacial score (nSPS) is 16.5. The monoisotopic (exact) mass is 256 g/mol. The predicted molar refractivity (Wildman–Crippen MR) is 71.0 cm³/mol. The Morgan fingerprint density at radius 3 is 2.59 bits per heavy atom. The summed E-state index contributed by atoms with van der Waals surface area (Å²) in [7, 11) is 0. The van der Waals surface area contributed by atoms with Crippen molar-refractivity contribution in [1.29, 1.82) is 0 Å². The van der Waals surface area contributed by atoms with Crippen LogP contribution in [-0.4, -0.2) is 27.2 Å². The molecule has 3 nitrogen and oxygen atoms in total. The average molecular weight is 256 g/mol. The van der Waals surface area contributed by atoms with E-state index in [1.807, 2.05) is 13.0 Å². The number of aliphatic hydroxyl groups is 3. The first-order chi connectivity index (χ1) is 8.01. The van der Waals surface area contributed by atoms with Gasteiger partial charge in [0.25, 0.3) is 0 Å². The van der Waals surface area contributed by atoms with E-state index in [1.165, 1.54) is 0 Å². The summed E-state index contributed by atoms with van der Waals surface area (Å²) in [6.07, 6.45) is 0.734. The van der Waals surface area contributed by atoms with Gasteiger partial charge in [0.05, 0.1) is 12.2 Å². The van der Waals surface area contributed by atoms with Gasteiger partial charge in [-0.2, -0.15) is 12.6 Å². The van der Waals surface area contributed by atoms with Gasteiger partial charge < -0.3 is 15.3 Å². The van der Waals surface area contributed by atoms with Crippen molar-refractivity contribution in [2.24, 2.45) is 0 Å². The molecule has 1 aromatic carbocycles. The van der Waals surface area contributed by atoms with E-state index in [-0.39, 0.29) is 24.9 Å². The molecule has 0 aliphatic carbocycles. The molecule has 0 aromatic heterocycles. The number of benzene rings is 1. The molecule has 96 valence electrons. The van der Waals surface area contributed by atoms with E-state index >= 15 is 0 Å². The topological polar surface area (TPSA) is 60.7 Å². The molecule has 2 atom stereocenters. The summed E-state index contributed by atoms with van der Waals surface area (Å²) < 4.78 is 0. The molecule has 0 aliphatic rings. The van der Waals surface area contributed by atoms with E-state index in [0.29, 0.717) is 6.42 Å². The van der Waals surface area contributed by atoms with Crippen molar-refractivity contribution in [2.75, 3.05) is 6.61 Å². The third-order valence-electron chi connectivity index (χ3n) is 2.81. The van der Waals surface area contributed by atoms with Crippen molar-refractivity contribution in [1.82, 2.24) is 0 Å². The molecule has 0 saturated heterocycles. The maximum atomic E-state index is 10.6. The highest BCUT2D eigenvalue weighted by Crippen LogP contribution is 2.31. The standard InChI is InChI=1S/C13H20O3S/c1-10(17)8-13(16,5-6-14)12-4-2-3-11(7-12)9-15/h2-4,7,10,14-17H,5-6,8-9H2,1H3. The van der Waals surface area contributed by atoms with Gasteiger partial charge in [-0.3, -0.25) is 0 Å². The Morgan fingerprint density at radius 1 is 1.35 bits per heavy atom. The highest BCUT2D eigenvalue weighted by atomic mass is 32.1. The minimum absolute atomic E-state index is 0.0318. The number of thiol groups is 1. The van der Waals surface area contributed by atoms with E-state index in [0.717, 1.165) is 11.1 Å². The number of hydrogen-bond acceptors (Lipinski definition) is 4. The van der Waals surface area contributed by atoms with Crippen molar-refractivity contribution in [3.63, 3.8) is 0 Å². The molecule has 0 heterocycles. The molecule has 0 aliphatic heterocycles. The summed E-state index contributed by atoms with van der Waals surface area (Å²) in [5.41, 5.74) is 0.394. The smallest absolute Gasteiger partial charge is 0.0928 e. The highest BCUT2D eigenvalue weighted by Gasteiger charge is 2.30. The fraction of sp³-hybridized carbons (Fsp3) is 0.538. The van der Waals surface area contributed by atoms with E-state index in [2.05, 4.69) is 12.6 Å². The van der Waals surface area contributed by atoms with Crippen LogP contribution in [0.1, 0.15) is 30.9 Å². The van der Waals surface area contributed by atoms with Crippen LogP contribution >= 0.6 is 12.6 Å². The maximum Gasteiger partial charge on any atom is 0.0928 e. The summed E-state index contributed by atoms with van der Waals surface area (Å²) in [6, 6.07) is 7.18. The summed E-state index contributed by atoms with van der Waals surface area (Å²) in [5, 5.41) is 28.8. The van der Waals surface area contributed by atoms with Crippen LogP contribution in [0.25, 0.3) is 0 Å². The zero-order chi connectivity index (χ0) is 12.9. The molecular weight excluding hydrogens is 236 g/mol. The first-order valence-corrected chi connectivity index (χ1v) is 6.25. The lowest BCUT2D eigenvalue weighted by Crippen LogP contribution is -2.30. The van der Waals surface area contributed by atoms with Crippen LogP contribution in [0.2, 0.25) is 0 Å². The van der Waals surface area contributed by atoms with Crippen LogP contribution < -0.4 is 0 Å².